The van der Waals surface area contributed by atoms with Crippen LogP contribution in [0.1, 0.15) is 1.43 Å². The summed E-state index contributed by atoms with van der Waals surface area (Å²) in [5.41, 5.74) is 0. The van der Waals surface area contributed by atoms with Crippen molar-refractivity contribution in [2.45, 2.75) is 0 Å². The number of hydrogen-bond donors (Lipinski definition) is 0. The van der Waals surface area contributed by atoms with Crippen molar-refractivity contribution in [3.8, 4) is 0 Å². The molecule has 0 bridgehead atoms. The molecule has 38 valence electrons. The second kappa shape index (κ2) is 6.60. The van der Waals surface area contributed by atoms with Crippen LogP contribution in [0, 0.1) is 10.2 Å². The fraction of sp³-hybridized carbons (Fsp3) is 0. The molecule has 0 aliphatic rings. The molecule has 0 atom stereocenters. The average Bonchev–Trinajstić information content (AvgIpc) is 0.722. The predicted molar refractivity (Wildman–Crippen MR) is 1.11 cm³/mol. The van der Waals surface area contributed by atoms with Crippen LogP contribution in [-0.4, -0.2) is 0 Å². The zero-order valence-corrected chi connectivity index (χ0v) is 8.95. The van der Waals surface area contributed by atoms with Gasteiger partial charge in [-0.2, -0.15) is 0 Å². The molecule has 0 aromatic heterocycles. The van der Waals surface area contributed by atoms with Crippen LogP contribution in [0.3, 0.4) is 0 Å². The fourth-order valence-corrected chi connectivity index (χ4v) is 0. The van der Waals surface area contributed by atoms with Crippen molar-refractivity contribution >= 4 is 0 Å². The van der Waals surface area contributed by atoms with Crippen molar-refractivity contribution in [1.29, 1.82) is 0 Å². The van der Waals surface area contributed by atoms with Gasteiger partial charge in [-0.3, -0.25) is 0 Å². The Kier molecular flexibility index (Phi) is 15.3. The van der Waals surface area contributed by atoms with E-state index in [4.69, 9.17) is 18.6 Å². The molecule has 0 saturated carbocycles. The molecule has 0 aliphatic heterocycles. The van der Waals surface area contributed by atoms with Gasteiger partial charge in [0.25, 0.3) is 0 Å². The van der Waals surface area contributed by atoms with Crippen molar-refractivity contribution in [1.82, 2.24) is 0 Å². The molecule has 0 aromatic carbocycles. The first-order chi connectivity index (χ1) is 2.00. The van der Waals surface area contributed by atoms with Gasteiger partial charge >= 0.3 is 51.4 Å². The second-order valence-corrected chi connectivity index (χ2v) is 1.13. The maximum atomic E-state index is 8.49. The summed E-state index contributed by atoms with van der Waals surface area (Å²) in [5, 5.41) is 0. The smallest absolute Gasteiger partial charge is 1.00 e. The molecule has 4 nitrogen and oxygen atoms in total. The molecule has 0 fully saturated rings. The molecule has 0 heterocycles. The summed E-state index contributed by atoms with van der Waals surface area (Å²) < 4.78 is 34.0. The minimum Gasteiger partial charge on any atom is -1.00 e. The minimum absolute atomic E-state index is 0. The molecule has 0 aliphatic carbocycles. The summed E-state index contributed by atoms with van der Waals surface area (Å²) in [5.74, 6) is 0. The Balaban J connectivity index is -0.0000000267. The van der Waals surface area contributed by atoms with Crippen LogP contribution in [-0.2, 0) is 21.7 Å². The van der Waals surface area contributed by atoms with E-state index >= 15 is 0 Å². The van der Waals surface area contributed by atoms with E-state index in [1.165, 1.54) is 0 Å². The Bertz CT molecular complexity index is 31.5. The van der Waals surface area contributed by atoms with Crippen molar-refractivity contribution in [3.05, 3.63) is 0 Å². The molecule has 0 aromatic rings. The molecule has 7 heavy (non-hydrogen) atoms. The third-order valence-corrected chi connectivity index (χ3v) is 0. The first kappa shape index (κ1) is 16.2. The van der Waals surface area contributed by atoms with Gasteiger partial charge < -0.3 is 1.43 Å². The standard InChI is InChI=1S/ClHO4.K.Ti.H/c2-1(3,4)5;;;/h(H,2,3,4,5);;;/q;+1;;-1/p-1. The Morgan fingerprint density at radius 1 is 1.00 bits per heavy atom. The van der Waals surface area contributed by atoms with Crippen molar-refractivity contribution in [2.75, 3.05) is 0 Å². The van der Waals surface area contributed by atoms with E-state index in [1.54, 1.807) is 0 Å². The third kappa shape index (κ3) is 57.9. The molecular weight excluding hydrogens is 186 g/mol. The summed E-state index contributed by atoms with van der Waals surface area (Å²) in [6.07, 6.45) is 0. The summed E-state index contributed by atoms with van der Waals surface area (Å²) in [7, 11) is -4.94. The molecule has 7 heteroatoms. The van der Waals surface area contributed by atoms with Crippen LogP contribution >= 0.6 is 0 Å². The van der Waals surface area contributed by atoms with E-state index in [-0.39, 0.29) is 74.5 Å². The Morgan fingerprint density at radius 2 is 1.00 bits per heavy atom. The molecule has 0 rings (SSSR count). The van der Waals surface area contributed by atoms with Gasteiger partial charge in [-0.1, -0.05) is 0 Å². The molecule has 0 N–H and O–H groups in total. The molecule has 0 unspecified atom stereocenters. The average molecular weight is 187 g/mol. The monoisotopic (exact) mass is 187 g/mol. The van der Waals surface area contributed by atoms with E-state index in [0.29, 0.717) is 0 Å². The van der Waals surface area contributed by atoms with E-state index in [0.717, 1.165) is 0 Å². The Labute approximate surface area is 101 Å². The van der Waals surface area contributed by atoms with Crippen LogP contribution < -0.4 is 70.0 Å². The van der Waals surface area contributed by atoms with E-state index < -0.39 is 10.2 Å². The van der Waals surface area contributed by atoms with Gasteiger partial charge in [0.15, 0.2) is 0 Å². The first-order valence-electron chi connectivity index (χ1n) is 0.617. The van der Waals surface area contributed by atoms with Gasteiger partial charge in [-0.25, -0.2) is 18.6 Å². The van der Waals surface area contributed by atoms with Crippen molar-refractivity contribution in [2.24, 2.45) is 0 Å². The number of hydrogen-bond acceptors (Lipinski definition) is 4. The zero-order valence-electron chi connectivity index (χ0n) is 4.51. The van der Waals surface area contributed by atoms with Crippen LogP contribution in [0.2, 0.25) is 0 Å². The van der Waals surface area contributed by atoms with Gasteiger partial charge in [0, 0.05) is 21.7 Å². The molecule has 0 spiro atoms. The Morgan fingerprint density at radius 3 is 1.00 bits per heavy atom. The zero-order chi connectivity index (χ0) is 4.50. The summed E-state index contributed by atoms with van der Waals surface area (Å²) in [4.78, 5) is 0. The fourth-order valence-electron chi connectivity index (χ4n) is 0. The number of rotatable bonds is 0. The van der Waals surface area contributed by atoms with Gasteiger partial charge in [0.2, 0.25) is 0 Å². The van der Waals surface area contributed by atoms with Crippen molar-refractivity contribution < 1.29 is 103 Å². The van der Waals surface area contributed by atoms with Gasteiger partial charge in [0.1, 0.15) is 0 Å². The quantitative estimate of drug-likeness (QED) is 0.352. The summed E-state index contributed by atoms with van der Waals surface area (Å²) in [6, 6.07) is 0. The van der Waals surface area contributed by atoms with Crippen molar-refractivity contribution in [3.63, 3.8) is 0 Å². The Hall–Kier alpha value is 2.48. The van der Waals surface area contributed by atoms with E-state index in [2.05, 4.69) is 0 Å². The maximum Gasteiger partial charge on any atom is 1.00 e. The topological polar surface area (TPSA) is 92.2 Å². The predicted octanol–water partition coefficient (Wildman–Crippen LogP) is -7.64. The summed E-state index contributed by atoms with van der Waals surface area (Å²) in [6.45, 7) is 0. The van der Waals surface area contributed by atoms with Gasteiger partial charge in [0.05, 0.1) is 0 Å². The first-order valence-corrected chi connectivity index (χ1v) is 1.85. The third-order valence-electron chi connectivity index (χ3n) is 0. The van der Waals surface area contributed by atoms with Crippen LogP contribution in [0.25, 0.3) is 0 Å². The molecule has 0 radical (unpaired) electrons. The van der Waals surface area contributed by atoms with Crippen LogP contribution in [0.5, 0.6) is 0 Å². The second-order valence-electron chi connectivity index (χ2n) is 0.378. The van der Waals surface area contributed by atoms with Crippen LogP contribution in [0.15, 0.2) is 0 Å². The number of halogens is 1. The maximum absolute atomic E-state index is 8.49. The van der Waals surface area contributed by atoms with E-state index in [1.807, 2.05) is 0 Å². The summed E-state index contributed by atoms with van der Waals surface area (Å²) >= 11 is 0. The molecule has 0 saturated heterocycles. The SMILES string of the molecule is [H-].[K+].[O-][Cl+3]([O-])([O-])[O-].[Ti]. The van der Waals surface area contributed by atoms with Crippen LogP contribution in [0.4, 0.5) is 0 Å². The normalized spacial score (nSPS) is 8.57. The van der Waals surface area contributed by atoms with E-state index in [9.17, 15) is 0 Å². The largest absolute Gasteiger partial charge is 1.00 e. The van der Waals surface area contributed by atoms with Gasteiger partial charge in [-0.15, -0.1) is 10.2 Å². The molecular formula is HClKO4Ti-. The van der Waals surface area contributed by atoms with Gasteiger partial charge in [-0.05, 0) is 0 Å². The minimum atomic E-state index is -4.94. The molecule has 0 amide bonds.